The summed E-state index contributed by atoms with van der Waals surface area (Å²) in [6.07, 6.45) is 7.95. The predicted molar refractivity (Wildman–Crippen MR) is 157 cm³/mol. The number of hydrogen-bond donors (Lipinski definition) is 0. The lowest BCUT2D eigenvalue weighted by Gasteiger charge is -2.28. The summed E-state index contributed by atoms with van der Waals surface area (Å²) >= 11 is 3.49. The molecule has 0 saturated heterocycles. The van der Waals surface area contributed by atoms with E-state index in [1.165, 1.54) is 5.56 Å². The summed E-state index contributed by atoms with van der Waals surface area (Å²) in [4.78, 5) is 30.2. The fourth-order valence-corrected chi connectivity index (χ4v) is 4.40. The molecule has 202 valence electrons. The molecule has 3 rings (SSSR count). The minimum absolute atomic E-state index is 0.0405. The minimum atomic E-state index is -0.174. The van der Waals surface area contributed by atoms with Crippen molar-refractivity contribution in [2.75, 3.05) is 33.4 Å². The van der Waals surface area contributed by atoms with Gasteiger partial charge < -0.3 is 19.1 Å². The zero-order valence-electron chi connectivity index (χ0n) is 22.4. The second-order valence-electron chi connectivity index (χ2n) is 9.27. The van der Waals surface area contributed by atoms with Gasteiger partial charge in [0.25, 0.3) is 0 Å². The van der Waals surface area contributed by atoms with Crippen LogP contribution < -0.4 is 0 Å². The quantitative estimate of drug-likeness (QED) is 0.164. The first-order valence-corrected chi connectivity index (χ1v) is 14.0. The van der Waals surface area contributed by atoms with Crippen LogP contribution in [-0.4, -0.2) is 59.5 Å². The summed E-state index contributed by atoms with van der Waals surface area (Å²) in [5.41, 5.74) is 3.20. The first-order valence-electron chi connectivity index (χ1n) is 13.2. The molecule has 2 aromatic carbocycles. The number of aromatic nitrogens is 1. The SMILES string of the molecule is CCCCN(Cc1cccn1Cc1ccc(Br)cc1)C(=O)CN(CCCOC)C(=O)/C=C/c1ccccc1. The molecule has 1 heterocycles. The molecule has 0 radical (unpaired) electrons. The summed E-state index contributed by atoms with van der Waals surface area (Å²) < 4.78 is 8.42. The molecule has 0 N–H and O–H groups in total. The molecule has 0 unspecified atom stereocenters. The standard InChI is InChI=1S/C31H38BrN3O3/c1-3-4-19-34(24-29-12-8-20-33(29)23-27-13-16-28(32)17-14-27)31(37)25-35(21-9-22-38-2)30(36)18-15-26-10-6-5-7-11-26/h5-8,10-18,20H,3-4,9,19,21-25H2,1-2H3/b18-15+. The number of rotatable bonds is 15. The van der Waals surface area contributed by atoms with Gasteiger partial charge in [0.05, 0.1) is 6.54 Å². The van der Waals surface area contributed by atoms with Crippen molar-refractivity contribution >= 4 is 33.8 Å². The van der Waals surface area contributed by atoms with E-state index in [4.69, 9.17) is 4.74 Å². The predicted octanol–water partition coefficient (Wildman–Crippen LogP) is 6.01. The van der Waals surface area contributed by atoms with Crippen molar-refractivity contribution in [1.82, 2.24) is 14.4 Å². The number of halogens is 1. The maximum atomic E-state index is 13.6. The van der Waals surface area contributed by atoms with E-state index in [-0.39, 0.29) is 18.4 Å². The fourth-order valence-electron chi connectivity index (χ4n) is 4.14. The minimum Gasteiger partial charge on any atom is -0.385 e. The van der Waals surface area contributed by atoms with E-state index in [9.17, 15) is 9.59 Å². The number of methoxy groups -OCH3 is 1. The van der Waals surface area contributed by atoms with Crippen LogP contribution in [0.3, 0.4) is 0 Å². The third kappa shape index (κ3) is 9.62. The molecule has 0 spiro atoms. The number of carbonyl (C=O) groups is 2. The maximum absolute atomic E-state index is 13.6. The highest BCUT2D eigenvalue weighted by atomic mass is 79.9. The Balaban J connectivity index is 1.72. The van der Waals surface area contributed by atoms with Crippen molar-refractivity contribution < 1.29 is 14.3 Å². The molecule has 2 amide bonds. The van der Waals surface area contributed by atoms with Crippen molar-refractivity contribution in [1.29, 1.82) is 0 Å². The molecule has 0 atom stereocenters. The molecule has 6 nitrogen and oxygen atoms in total. The summed E-state index contributed by atoms with van der Waals surface area (Å²) in [6.45, 7) is 5.04. The molecule has 1 aromatic heterocycles. The average molecular weight is 581 g/mol. The van der Waals surface area contributed by atoms with Gasteiger partial charge in [0.15, 0.2) is 0 Å². The lowest BCUT2D eigenvalue weighted by atomic mass is 10.2. The van der Waals surface area contributed by atoms with Crippen LogP contribution in [0.25, 0.3) is 6.08 Å². The van der Waals surface area contributed by atoms with E-state index in [1.807, 2.05) is 53.4 Å². The number of nitrogens with zero attached hydrogens (tertiary/aromatic N) is 3. The van der Waals surface area contributed by atoms with Gasteiger partial charge >= 0.3 is 0 Å². The van der Waals surface area contributed by atoms with E-state index < -0.39 is 0 Å². The number of unbranched alkanes of at least 4 members (excludes halogenated alkanes) is 1. The summed E-state index contributed by atoms with van der Waals surface area (Å²) in [7, 11) is 1.64. The Morgan fingerprint density at radius 3 is 2.39 bits per heavy atom. The van der Waals surface area contributed by atoms with Crippen LogP contribution in [0.2, 0.25) is 0 Å². The lowest BCUT2D eigenvalue weighted by Crippen LogP contribution is -2.43. The molecule has 0 fully saturated rings. The average Bonchev–Trinajstić information content (AvgIpc) is 3.37. The monoisotopic (exact) mass is 579 g/mol. The summed E-state index contributed by atoms with van der Waals surface area (Å²) in [5.74, 6) is -0.221. The van der Waals surface area contributed by atoms with Crippen molar-refractivity contribution in [3.8, 4) is 0 Å². The fraction of sp³-hybridized carbons (Fsp3) is 0.355. The second-order valence-corrected chi connectivity index (χ2v) is 10.2. The molecule has 0 aliphatic carbocycles. The van der Waals surface area contributed by atoms with E-state index >= 15 is 0 Å². The Kier molecular flexibility index (Phi) is 12.3. The second kappa shape index (κ2) is 15.9. The zero-order valence-corrected chi connectivity index (χ0v) is 24.0. The van der Waals surface area contributed by atoms with Gasteiger partial charge in [-0.3, -0.25) is 9.59 Å². The van der Waals surface area contributed by atoms with Gasteiger partial charge in [-0.1, -0.05) is 71.7 Å². The molecular weight excluding hydrogens is 542 g/mol. The van der Waals surface area contributed by atoms with Crippen LogP contribution in [-0.2, 0) is 27.4 Å². The highest BCUT2D eigenvalue weighted by Crippen LogP contribution is 2.15. The molecule has 0 aliphatic heterocycles. The summed E-state index contributed by atoms with van der Waals surface area (Å²) in [5, 5.41) is 0. The highest BCUT2D eigenvalue weighted by Gasteiger charge is 2.21. The zero-order chi connectivity index (χ0) is 27.2. The first kappa shape index (κ1) is 29.4. The Morgan fingerprint density at radius 2 is 1.68 bits per heavy atom. The lowest BCUT2D eigenvalue weighted by molar-refractivity contribution is -0.138. The normalized spacial score (nSPS) is 11.1. The van der Waals surface area contributed by atoms with Crippen molar-refractivity contribution in [2.45, 2.75) is 39.3 Å². The van der Waals surface area contributed by atoms with E-state index in [0.29, 0.717) is 32.7 Å². The van der Waals surface area contributed by atoms with Crippen molar-refractivity contribution in [2.24, 2.45) is 0 Å². The third-order valence-corrected chi connectivity index (χ3v) is 6.84. The molecule has 3 aromatic rings. The van der Waals surface area contributed by atoms with Gasteiger partial charge in [-0.25, -0.2) is 0 Å². The van der Waals surface area contributed by atoms with Gasteiger partial charge in [0.2, 0.25) is 11.8 Å². The maximum Gasteiger partial charge on any atom is 0.247 e. The van der Waals surface area contributed by atoms with Crippen molar-refractivity contribution in [3.63, 3.8) is 0 Å². The Labute approximate surface area is 235 Å². The molecule has 0 saturated carbocycles. The molecule has 0 aliphatic rings. The van der Waals surface area contributed by atoms with Crippen LogP contribution in [0.15, 0.2) is 83.5 Å². The summed E-state index contributed by atoms with van der Waals surface area (Å²) in [6, 6.07) is 22.1. The molecule has 38 heavy (non-hydrogen) atoms. The first-order chi connectivity index (χ1) is 18.5. The van der Waals surface area contributed by atoms with Gasteiger partial charge in [-0.15, -0.1) is 0 Å². The number of ether oxygens (including phenoxy) is 1. The van der Waals surface area contributed by atoms with Crippen LogP contribution in [0, 0.1) is 0 Å². The van der Waals surface area contributed by atoms with Crippen molar-refractivity contribution in [3.05, 3.63) is 100 Å². The topological polar surface area (TPSA) is 54.8 Å². The van der Waals surface area contributed by atoms with E-state index in [0.717, 1.165) is 35.1 Å². The highest BCUT2D eigenvalue weighted by molar-refractivity contribution is 9.10. The molecular formula is C31H38BrN3O3. The van der Waals surface area contributed by atoms with Gasteiger partial charge in [-0.05, 0) is 54.3 Å². The third-order valence-electron chi connectivity index (χ3n) is 6.31. The molecule has 0 bridgehead atoms. The number of benzene rings is 2. The van der Waals surface area contributed by atoms with Crippen LogP contribution in [0.1, 0.15) is 43.0 Å². The van der Waals surface area contributed by atoms with Crippen LogP contribution in [0.5, 0.6) is 0 Å². The van der Waals surface area contributed by atoms with Crippen LogP contribution in [0.4, 0.5) is 0 Å². The Bertz CT molecular complexity index is 1160. The van der Waals surface area contributed by atoms with Gasteiger partial charge in [0.1, 0.15) is 6.54 Å². The van der Waals surface area contributed by atoms with Crippen LogP contribution >= 0.6 is 15.9 Å². The number of carbonyl (C=O) groups excluding carboxylic acids is 2. The van der Waals surface area contributed by atoms with Gasteiger partial charge in [-0.2, -0.15) is 0 Å². The van der Waals surface area contributed by atoms with Gasteiger partial charge in [0, 0.05) is 55.8 Å². The van der Waals surface area contributed by atoms with E-state index in [1.54, 1.807) is 24.2 Å². The molecule has 7 heteroatoms. The van der Waals surface area contributed by atoms with E-state index in [2.05, 4.69) is 51.8 Å². The number of amides is 2. The Hall–Kier alpha value is -3.16. The smallest absolute Gasteiger partial charge is 0.247 e. The number of hydrogen-bond acceptors (Lipinski definition) is 3. The largest absolute Gasteiger partial charge is 0.385 e. The Morgan fingerprint density at radius 1 is 0.947 bits per heavy atom.